The van der Waals surface area contributed by atoms with Gasteiger partial charge in [0.2, 0.25) is 0 Å². The summed E-state index contributed by atoms with van der Waals surface area (Å²) >= 11 is 5.85. The van der Waals surface area contributed by atoms with Crippen molar-refractivity contribution in [1.82, 2.24) is 4.90 Å². The zero-order valence-corrected chi connectivity index (χ0v) is 18.3. The summed E-state index contributed by atoms with van der Waals surface area (Å²) < 4.78 is 25.9. The predicted molar refractivity (Wildman–Crippen MR) is 114 cm³/mol. The number of hydrogen-bond donors (Lipinski definition) is 0. The molecule has 1 aliphatic rings. The minimum Gasteiger partial charge on any atom is -0.482 e. The Balaban J connectivity index is 1.87. The zero-order valence-electron chi connectivity index (χ0n) is 17.6. The monoisotopic (exact) mass is 450 g/mol. The number of rotatable bonds is 4. The van der Waals surface area contributed by atoms with Crippen molar-refractivity contribution in [3.05, 3.63) is 69.0 Å². The quantitative estimate of drug-likeness (QED) is 0.441. The van der Waals surface area contributed by atoms with Gasteiger partial charge in [0.1, 0.15) is 22.8 Å². The molecule has 31 heavy (non-hydrogen) atoms. The topological polar surface area (TPSA) is 81.9 Å². The highest BCUT2D eigenvalue weighted by Gasteiger charge is 2.41. The normalized spacial score (nSPS) is 16.0. The van der Waals surface area contributed by atoms with Crippen LogP contribution in [-0.2, 0) is 10.3 Å². The Kier molecular flexibility index (Phi) is 6.40. The van der Waals surface area contributed by atoms with Gasteiger partial charge in [-0.3, -0.25) is 10.1 Å². The van der Waals surface area contributed by atoms with E-state index in [2.05, 4.69) is 0 Å². The van der Waals surface area contributed by atoms with Crippen LogP contribution in [0.1, 0.15) is 39.2 Å². The summed E-state index contributed by atoms with van der Waals surface area (Å²) in [5, 5.41) is 10.9. The van der Waals surface area contributed by atoms with Gasteiger partial charge in [0, 0.05) is 38.1 Å². The highest BCUT2D eigenvalue weighted by Crippen LogP contribution is 2.39. The van der Waals surface area contributed by atoms with Gasteiger partial charge in [0.05, 0.1) is 9.95 Å². The third-order valence-electron chi connectivity index (χ3n) is 5.03. The molecule has 0 aromatic heterocycles. The van der Waals surface area contributed by atoms with Crippen LogP contribution in [0.4, 0.5) is 14.9 Å². The van der Waals surface area contributed by atoms with Crippen LogP contribution in [0.5, 0.6) is 5.75 Å². The first-order chi connectivity index (χ1) is 14.5. The summed E-state index contributed by atoms with van der Waals surface area (Å²) in [4.78, 5) is 24.5. The van der Waals surface area contributed by atoms with Crippen LogP contribution >= 0.6 is 11.6 Å². The van der Waals surface area contributed by atoms with Crippen molar-refractivity contribution in [2.75, 3.05) is 13.1 Å². The molecule has 1 fully saturated rings. The van der Waals surface area contributed by atoms with Crippen molar-refractivity contribution in [2.24, 2.45) is 0 Å². The van der Waals surface area contributed by atoms with Crippen molar-refractivity contribution < 1.29 is 23.6 Å². The molecule has 1 amide bonds. The summed E-state index contributed by atoms with van der Waals surface area (Å²) in [6, 6.07) is 10.2. The maximum absolute atomic E-state index is 14.2. The minimum absolute atomic E-state index is 0.000395. The van der Waals surface area contributed by atoms with E-state index in [0.29, 0.717) is 37.2 Å². The molecule has 0 N–H and O–H groups in total. The lowest BCUT2D eigenvalue weighted by Crippen LogP contribution is -2.49. The summed E-state index contributed by atoms with van der Waals surface area (Å²) in [6.07, 6.45) is 0.341. The van der Waals surface area contributed by atoms with E-state index in [1.54, 1.807) is 31.7 Å². The molecule has 0 spiro atoms. The second kappa shape index (κ2) is 8.70. The zero-order chi connectivity index (χ0) is 22.8. The third-order valence-corrected chi connectivity index (χ3v) is 5.34. The van der Waals surface area contributed by atoms with E-state index in [4.69, 9.17) is 21.1 Å². The summed E-state index contributed by atoms with van der Waals surface area (Å²) in [7, 11) is 0. The molecule has 3 rings (SSSR count). The first kappa shape index (κ1) is 22.8. The van der Waals surface area contributed by atoms with Crippen molar-refractivity contribution >= 4 is 23.4 Å². The lowest BCUT2D eigenvalue weighted by atomic mass is 9.84. The Bertz CT molecular complexity index is 967. The highest BCUT2D eigenvalue weighted by atomic mass is 35.5. The standard InChI is InChI=1S/C22H24ClFN2O5/c1-21(2,3)31-20(27)25-12-10-22(11-13-25,15-4-9-18(23)19(24)14-15)30-17-7-5-16(6-8-17)26(28)29/h4-9,14H,10-13H2,1-3H3. The lowest BCUT2D eigenvalue weighted by molar-refractivity contribution is -0.384. The molecule has 0 bridgehead atoms. The fraction of sp³-hybridized carbons (Fsp3) is 0.409. The van der Waals surface area contributed by atoms with Crippen LogP contribution in [0.2, 0.25) is 5.02 Å². The van der Waals surface area contributed by atoms with Crippen molar-refractivity contribution in [3.63, 3.8) is 0 Å². The molecule has 0 atom stereocenters. The Morgan fingerprint density at radius 1 is 1.16 bits per heavy atom. The number of nitrogens with zero attached hydrogens (tertiary/aromatic N) is 2. The summed E-state index contributed by atoms with van der Waals surface area (Å²) in [5.41, 5.74) is -1.02. The van der Waals surface area contributed by atoms with E-state index in [9.17, 15) is 19.3 Å². The van der Waals surface area contributed by atoms with Gasteiger partial charge in [-0.25, -0.2) is 9.18 Å². The van der Waals surface area contributed by atoms with Gasteiger partial charge < -0.3 is 14.4 Å². The maximum Gasteiger partial charge on any atom is 0.410 e. The van der Waals surface area contributed by atoms with Crippen LogP contribution in [0.3, 0.4) is 0 Å². The Morgan fingerprint density at radius 2 is 1.77 bits per heavy atom. The highest BCUT2D eigenvalue weighted by molar-refractivity contribution is 6.30. The molecule has 1 heterocycles. The molecule has 0 aliphatic carbocycles. The third kappa shape index (κ3) is 5.44. The number of likely N-dealkylation sites (tertiary alicyclic amines) is 1. The predicted octanol–water partition coefficient (Wildman–Crippen LogP) is 5.69. The smallest absolute Gasteiger partial charge is 0.410 e. The molecule has 166 valence electrons. The average molecular weight is 451 g/mol. The molecule has 1 saturated heterocycles. The van der Waals surface area contributed by atoms with Crippen LogP contribution < -0.4 is 4.74 Å². The van der Waals surface area contributed by atoms with E-state index in [1.165, 1.54) is 36.4 Å². The van der Waals surface area contributed by atoms with Crippen molar-refractivity contribution in [2.45, 2.75) is 44.8 Å². The van der Waals surface area contributed by atoms with Crippen LogP contribution in [0.25, 0.3) is 0 Å². The van der Waals surface area contributed by atoms with Gasteiger partial charge in [-0.15, -0.1) is 0 Å². The van der Waals surface area contributed by atoms with Crippen molar-refractivity contribution in [3.8, 4) is 5.75 Å². The van der Waals surface area contributed by atoms with Gasteiger partial charge in [0.25, 0.3) is 5.69 Å². The fourth-order valence-corrected chi connectivity index (χ4v) is 3.59. The van der Waals surface area contributed by atoms with E-state index in [0.717, 1.165) is 0 Å². The number of nitro benzene ring substituents is 1. The van der Waals surface area contributed by atoms with Crippen LogP contribution in [0.15, 0.2) is 42.5 Å². The van der Waals surface area contributed by atoms with Crippen LogP contribution in [-0.4, -0.2) is 34.6 Å². The number of ether oxygens (including phenoxy) is 2. The molecule has 1 aliphatic heterocycles. The van der Waals surface area contributed by atoms with E-state index < -0.39 is 28.0 Å². The SMILES string of the molecule is CC(C)(C)OC(=O)N1CCC(Oc2ccc([N+](=O)[O-])cc2)(c2ccc(Cl)c(F)c2)CC1. The average Bonchev–Trinajstić information content (AvgIpc) is 2.69. The Morgan fingerprint density at radius 3 is 2.29 bits per heavy atom. The molecule has 2 aromatic rings. The number of carbonyl (C=O) groups excluding carboxylic acids is 1. The number of benzene rings is 2. The number of carbonyl (C=O) groups is 1. The van der Waals surface area contributed by atoms with E-state index >= 15 is 0 Å². The van der Waals surface area contributed by atoms with Gasteiger partial charge in [-0.05, 0) is 50.6 Å². The lowest BCUT2D eigenvalue weighted by Gasteiger charge is -2.42. The Hall–Kier alpha value is -2.87. The summed E-state index contributed by atoms with van der Waals surface area (Å²) in [5.74, 6) is -0.160. The van der Waals surface area contributed by atoms with Crippen LogP contribution in [0, 0.1) is 15.9 Å². The summed E-state index contributed by atoms with van der Waals surface area (Å²) in [6.45, 7) is 6.08. The first-order valence-corrected chi connectivity index (χ1v) is 10.2. The number of amides is 1. The van der Waals surface area contributed by atoms with Gasteiger partial charge in [-0.2, -0.15) is 0 Å². The van der Waals surface area contributed by atoms with E-state index in [1.807, 2.05) is 0 Å². The molecule has 0 saturated carbocycles. The number of non-ortho nitro benzene ring substituents is 1. The molecule has 0 radical (unpaired) electrons. The second-order valence-corrected chi connectivity index (χ2v) is 8.85. The number of hydrogen-bond acceptors (Lipinski definition) is 5. The number of nitro groups is 1. The van der Waals surface area contributed by atoms with Crippen molar-refractivity contribution in [1.29, 1.82) is 0 Å². The molecular formula is C22H24ClFN2O5. The number of halogens is 2. The molecule has 2 aromatic carbocycles. The molecular weight excluding hydrogens is 427 g/mol. The van der Waals surface area contributed by atoms with E-state index in [-0.39, 0.29) is 10.7 Å². The molecule has 0 unspecified atom stereocenters. The fourth-order valence-electron chi connectivity index (χ4n) is 3.47. The minimum atomic E-state index is -0.930. The second-order valence-electron chi connectivity index (χ2n) is 8.44. The molecule has 9 heteroatoms. The van der Waals surface area contributed by atoms with Gasteiger partial charge in [0.15, 0.2) is 0 Å². The van der Waals surface area contributed by atoms with Gasteiger partial charge >= 0.3 is 6.09 Å². The van der Waals surface area contributed by atoms with Gasteiger partial charge in [-0.1, -0.05) is 17.7 Å². The maximum atomic E-state index is 14.2. The largest absolute Gasteiger partial charge is 0.482 e. The molecule has 7 nitrogen and oxygen atoms in total. The number of piperidine rings is 1. The Labute approximate surface area is 184 Å². The first-order valence-electron chi connectivity index (χ1n) is 9.86.